The standard InChI is InChI=1S/C13H14NO4P/c1-14(2)13(15)12(9-6-10-18-19(16)17)11-7-4-3-5-8-11/h3-10H,1-2H3/p+1/b10-6+,12-9-. The van der Waals surface area contributed by atoms with E-state index >= 15 is 0 Å². The van der Waals surface area contributed by atoms with Gasteiger partial charge in [-0.15, -0.1) is 4.89 Å². The van der Waals surface area contributed by atoms with Gasteiger partial charge < -0.3 is 4.90 Å². The fourth-order valence-corrected chi connectivity index (χ4v) is 1.55. The topological polar surface area (TPSA) is 66.8 Å². The summed E-state index contributed by atoms with van der Waals surface area (Å²) < 4.78 is 14.7. The zero-order valence-electron chi connectivity index (χ0n) is 10.7. The normalized spacial score (nSPS) is 12.4. The fraction of sp³-hybridized carbons (Fsp3) is 0.154. The maximum absolute atomic E-state index is 12.0. The molecule has 0 radical (unpaired) electrons. The van der Waals surface area contributed by atoms with E-state index < -0.39 is 8.25 Å². The lowest BCUT2D eigenvalue weighted by Crippen LogP contribution is -2.22. The van der Waals surface area contributed by atoms with Gasteiger partial charge in [0.2, 0.25) is 0 Å². The highest BCUT2D eigenvalue weighted by molar-refractivity contribution is 7.32. The molecule has 0 fully saturated rings. The van der Waals surface area contributed by atoms with Crippen molar-refractivity contribution in [2.45, 2.75) is 0 Å². The SMILES string of the molecule is CN(C)C(=O)/C(=C\C=C\O[P+](=O)O)c1ccccc1. The van der Waals surface area contributed by atoms with Crippen molar-refractivity contribution in [3.05, 3.63) is 54.3 Å². The Morgan fingerprint density at radius 3 is 2.47 bits per heavy atom. The summed E-state index contributed by atoms with van der Waals surface area (Å²) in [5, 5.41) is 0. The van der Waals surface area contributed by atoms with Crippen LogP contribution in [-0.2, 0) is 13.9 Å². The van der Waals surface area contributed by atoms with Crippen LogP contribution in [0.2, 0.25) is 0 Å². The monoisotopic (exact) mass is 280 g/mol. The van der Waals surface area contributed by atoms with Gasteiger partial charge in [0.15, 0.2) is 6.26 Å². The summed E-state index contributed by atoms with van der Waals surface area (Å²) in [7, 11) is 0.639. The molecule has 0 aliphatic rings. The van der Waals surface area contributed by atoms with E-state index in [1.807, 2.05) is 30.3 Å². The molecule has 6 heteroatoms. The molecular weight excluding hydrogens is 265 g/mol. The third-order valence-corrected chi connectivity index (χ3v) is 2.52. The first kappa shape index (κ1) is 15.1. The molecule has 1 aromatic rings. The molecule has 5 nitrogen and oxygen atoms in total. The van der Waals surface area contributed by atoms with E-state index in [0.29, 0.717) is 5.57 Å². The van der Waals surface area contributed by atoms with Gasteiger partial charge in [0, 0.05) is 24.2 Å². The average Bonchev–Trinajstić information content (AvgIpc) is 2.38. The van der Waals surface area contributed by atoms with Crippen molar-refractivity contribution in [2.75, 3.05) is 14.1 Å². The first-order valence-electron chi connectivity index (χ1n) is 5.49. The van der Waals surface area contributed by atoms with Crippen LogP contribution in [0, 0.1) is 0 Å². The first-order valence-corrected chi connectivity index (χ1v) is 6.62. The number of carbonyl (C=O) groups excluding carboxylic acids is 1. The predicted molar refractivity (Wildman–Crippen MR) is 73.2 cm³/mol. The van der Waals surface area contributed by atoms with E-state index in [4.69, 9.17) is 4.89 Å². The molecule has 0 saturated carbocycles. The summed E-state index contributed by atoms with van der Waals surface area (Å²) in [5.74, 6) is -0.163. The number of rotatable bonds is 5. The lowest BCUT2D eigenvalue weighted by Gasteiger charge is -2.13. The van der Waals surface area contributed by atoms with Crippen molar-refractivity contribution >= 4 is 19.7 Å². The fourth-order valence-electron chi connectivity index (χ4n) is 1.37. The van der Waals surface area contributed by atoms with Gasteiger partial charge in [-0.05, 0) is 17.7 Å². The van der Waals surface area contributed by atoms with Crippen LogP contribution in [0.1, 0.15) is 5.56 Å². The molecule has 0 bridgehead atoms. The summed E-state index contributed by atoms with van der Waals surface area (Å²) in [4.78, 5) is 22.0. The van der Waals surface area contributed by atoms with Crippen LogP contribution in [0.25, 0.3) is 5.57 Å². The maximum atomic E-state index is 12.0. The Bertz CT molecular complexity index is 509. The summed E-state index contributed by atoms with van der Waals surface area (Å²) in [6.07, 6.45) is 4.02. The molecule has 19 heavy (non-hydrogen) atoms. The molecule has 0 saturated heterocycles. The van der Waals surface area contributed by atoms with Crippen LogP contribution < -0.4 is 0 Å². The van der Waals surface area contributed by atoms with Gasteiger partial charge in [0.05, 0.1) is 0 Å². The molecule has 0 aliphatic heterocycles. The number of likely N-dealkylation sites (N-methyl/N-ethyl adjacent to an activating group) is 1. The van der Waals surface area contributed by atoms with Gasteiger partial charge in [0.25, 0.3) is 5.91 Å². The Morgan fingerprint density at radius 1 is 1.32 bits per heavy atom. The number of hydrogen-bond acceptors (Lipinski definition) is 3. The van der Waals surface area contributed by atoms with Crippen LogP contribution >= 0.6 is 8.25 Å². The number of hydrogen-bond donors (Lipinski definition) is 1. The smallest absolute Gasteiger partial charge is 0.345 e. The van der Waals surface area contributed by atoms with Crippen LogP contribution in [0.5, 0.6) is 0 Å². The Balaban J connectivity index is 3.00. The van der Waals surface area contributed by atoms with Crippen LogP contribution in [0.3, 0.4) is 0 Å². The number of amides is 1. The second kappa shape index (κ2) is 7.46. The number of allylic oxidation sites excluding steroid dienone is 2. The molecule has 1 atom stereocenters. The third-order valence-electron chi connectivity index (χ3n) is 2.21. The zero-order valence-corrected chi connectivity index (χ0v) is 11.6. The summed E-state index contributed by atoms with van der Waals surface area (Å²) in [5.41, 5.74) is 1.23. The first-order chi connectivity index (χ1) is 9.02. The van der Waals surface area contributed by atoms with Gasteiger partial charge >= 0.3 is 8.25 Å². The summed E-state index contributed by atoms with van der Waals surface area (Å²) in [6, 6.07) is 9.15. The van der Waals surface area contributed by atoms with Gasteiger partial charge in [-0.3, -0.25) is 4.79 Å². The van der Waals surface area contributed by atoms with Gasteiger partial charge in [0.1, 0.15) is 0 Å². The van der Waals surface area contributed by atoms with Gasteiger partial charge in [-0.2, -0.15) is 0 Å². The van der Waals surface area contributed by atoms with E-state index in [-0.39, 0.29) is 5.91 Å². The minimum Gasteiger partial charge on any atom is -0.345 e. The Labute approximate surface area is 112 Å². The highest BCUT2D eigenvalue weighted by Gasteiger charge is 2.13. The molecule has 1 aromatic carbocycles. The molecule has 0 aromatic heterocycles. The third kappa shape index (κ3) is 5.04. The lowest BCUT2D eigenvalue weighted by atomic mass is 10.0. The van der Waals surface area contributed by atoms with Gasteiger partial charge in [-0.1, -0.05) is 30.3 Å². The molecule has 100 valence electrons. The highest BCUT2D eigenvalue weighted by atomic mass is 31.1. The molecule has 1 rings (SSSR count). The van der Waals surface area contributed by atoms with E-state index in [9.17, 15) is 9.36 Å². The van der Waals surface area contributed by atoms with Crippen molar-refractivity contribution in [1.82, 2.24) is 4.90 Å². The van der Waals surface area contributed by atoms with Crippen molar-refractivity contribution in [1.29, 1.82) is 0 Å². The molecule has 1 unspecified atom stereocenters. The molecule has 1 N–H and O–H groups in total. The highest BCUT2D eigenvalue weighted by Crippen LogP contribution is 2.18. The molecule has 0 heterocycles. The largest absolute Gasteiger partial charge is 0.746 e. The number of benzene rings is 1. The second-order valence-corrected chi connectivity index (χ2v) is 4.50. The quantitative estimate of drug-likeness (QED) is 0.389. The Morgan fingerprint density at radius 2 is 1.95 bits per heavy atom. The Hall–Kier alpha value is -1.97. The Kier molecular flexibility index (Phi) is 5.93. The van der Waals surface area contributed by atoms with E-state index in [1.54, 1.807) is 14.1 Å². The minimum atomic E-state index is -2.67. The summed E-state index contributed by atoms with van der Waals surface area (Å²) in [6.45, 7) is 0. The predicted octanol–water partition coefficient (Wildman–Crippen LogP) is 2.34. The van der Waals surface area contributed by atoms with Crippen LogP contribution in [0.4, 0.5) is 0 Å². The van der Waals surface area contributed by atoms with E-state index in [2.05, 4.69) is 4.52 Å². The van der Waals surface area contributed by atoms with Crippen LogP contribution in [-0.4, -0.2) is 29.8 Å². The number of carbonyl (C=O) groups is 1. The lowest BCUT2D eigenvalue weighted by molar-refractivity contribution is -0.122. The van der Waals surface area contributed by atoms with Crippen LogP contribution in [0.15, 0.2) is 48.7 Å². The van der Waals surface area contributed by atoms with Gasteiger partial charge in [-0.25, -0.2) is 4.52 Å². The van der Waals surface area contributed by atoms with E-state index in [1.165, 1.54) is 17.1 Å². The molecular formula is C13H15NO4P+. The average molecular weight is 280 g/mol. The van der Waals surface area contributed by atoms with Crippen molar-refractivity contribution in [3.8, 4) is 0 Å². The maximum Gasteiger partial charge on any atom is 0.746 e. The number of nitrogens with zero attached hydrogens (tertiary/aromatic N) is 1. The zero-order chi connectivity index (χ0) is 14.3. The van der Waals surface area contributed by atoms with E-state index in [0.717, 1.165) is 11.8 Å². The van der Waals surface area contributed by atoms with Crippen molar-refractivity contribution < 1.29 is 18.8 Å². The molecule has 1 amide bonds. The molecule has 0 spiro atoms. The summed E-state index contributed by atoms with van der Waals surface area (Å²) >= 11 is 0. The van der Waals surface area contributed by atoms with Crippen molar-refractivity contribution in [3.63, 3.8) is 0 Å². The second-order valence-electron chi connectivity index (χ2n) is 3.82. The molecule has 0 aliphatic carbocycles. The minimum absolute atomic E-state index is 0.163. The van der Waals surface area contributed by atoms with Crippen molar-refractivity contribution in [2.24, 2.45) is 0 Å².